The number of methoxy groups -OCH3 is 1. The molecule has 1 atom stereocenters. The van der Waals surface area contributed by atoms with Gasteiger partial charge in [-0.3, -0.25) is 0 Å². The molecule has 0 aliphatic heterocycles. The highest BCUT2D eigenvalue weighted by atomic mass is 16.6. The van der Waals surface area contributed by atoms with Crippen LogP contribution >= 0.6 is 0 Å². The molecule has 1 amide bonds. The average Bonchev–Trinajstić information content (AvgIpc) is 2.62. The van der Waals surface area contributed by atoms with Gasteiger partial charge in [-0.1, -0.05) is 6.07 Å². The highest BCUT2D eigenvalue weighted by Gasteiger charge is 2.24. The number of rotatable bonds is 9. The summed E-state index contributed by atoms with van der Waals surface area (Å²) < 4.78 is 14.9. The van der Waals surface area contributed by atoms with Gasteiger partial charge in [-0.05, 0) is 58.7 Å². The predicted octanol–water partition coefficient (Wildman–Crippen LogP) is 3.12. The fraction of sp³-hybridized carbons (Fsp3) is 0.550. The molecule has 1 aromatic carbocycles. The van der Waals surface area contributed by atoms with Gasteiger partial charge < -0.3 is 24.8 Å². The van der Waals surface area contributed by atoms with Crippen LogP contribution in [0.5, 0.6) is 0 Å². The summed E-state index contributed by atoms with van der Waals surface area (Å²) in [4.78, 5) is 35.6. The maximum atomic E-state index is 11.9. The van der Waals surface area contributed by atoms with Crippen molar-refractivity contribution in [1.82, 2.24) is 5.32 Å². The van der Waals surface area contributed by atoms with Crippen molar-refractivity contribution in [3.63, 3.8) is 0 Å². The number of alkyl carbamates (subject to hydrolysis) is 1. The van der Waals surface area contributed by atoms with E-state index in [9.17, 15) is 14.4 Å². The Hall–Kier alpha value is -2.77. The van der Waals surface area contributed by atoms with Crippen molar-refractivity contribution in [2.75, 3.05) is 25.6 Å². The topological polar surface area (TPSA) is 103 Å². The van der Waals surface area contributed by atoms with Gasteiger partial charge >= 0.3 is 18.0 Å². The van der Waals surface area contributed by atoms with Crippen LogP contribution in [0.4, 0.5) is 10.5 Å². The lowest BCUT2D eigenvalue weighted by Gasteiger charge is -2.22. The van der Waals surface area contributed by atoms with Crippen LogP contribution in [0.25, 0.3) is 0 Å². The van der Waals surface area contributed by atoms with Crippen molar-refractivity contribution >= 4 is 23.7 Å². The average molecular weight is 394 g/mol. The lowest BCUT2D eigenvalue weighted by Crippen LogP contribution is -2.44. The Balaban J connectivity index is 2.54. The van der Waals surface area contributed by atoms with Crippen LogP contribution in [0.3, 0.4) is 0 Å². The summed E-state index contributed by atoms with van der Waals surface area (Å²) in [6, 6.07) is 6.18. The SMILES string of the molecule is CCOC(=O)c1cccc(NCCC[C@H](NC(=O)OC(C)(C)C)C(=O)OC)c1. The first-order valence-electron chi connectivity index (χ1n) is 9.24. The van der Waals surface area contributed by atoms with E-state index in [1.807, 2.05) is 6.07 Å². The minimum Gasteiger partial charge on any atom is -0.467 e. The molecule has 1 rings (SSSR count). The number of ether oxygens (including phenoxy) is 3. The standard InChI is InChI=1S/C20H30N2O6/c1-6-27-17(23)14-9-7-10-15(13-14)21-12-8-11-16(18(24)26-5)22-19(25)28-20(2,3)4/h7,9-10,13,16,21H,6,8,11-12H2,1-5H3,(H,22,25)/t16-/m0/s1. The molecule has 0 bridgehead atoms. The Morgan fingerprint density at radius 2 is 1.89 bits per heavy atom. The molecule has 0 aromatic heterocycles. The fourth-order valence-electron chi connectivity index (χ4n) is 2.35. The maximum Gasteiger partial charge on any atom is 0.408 e. The number of benzene rings is 1. The van der Waals surface area contributed by atoms with E-state index in [0.29, 0.717) is 31.6 Å². The summed E-state index contributed by atoms with van der Waals surface area (Å²) in [6.07, 6.45) is 0.286. The predicted molar refractivity (Wildman–Crippen MR) is 105 cm³/mol. The third kappa shape index (κ3) is 8.75. The lowest BCUT2D eigenvalue weighted by molar-refractivity contribution is -0.143. The summed E-state index contributed by atoms with van der Waals surface area (Å²) in [5, 5.41) is 5.72. The first kappa shape index (κ1) is 23.3. The van der Waals surface area contributed by atoms with Gasteiger partial charge in [-0.15, -0.1) is 0 Å². The monoisotopic (exact) mass is 394 g/mol. The van der Waals surface area contributed by atoms with E-state index in [1.54, 1.807) is 45.9 Å². The second kappa shape index (κ2) is 11.2. The van der Waals surface area contributed by atoms with Crippen LogP contribution < -0.4 is 10.6 Å². The maximum absolute atomic E-state index is 11.9. The van der Waals surface area contributed by atoms with Gasteiger partial charge in [0.25, 0.3) is 0 Å². The van der Waals surface area contributed by atoms with Gasteiger partial charge in [0.1, 0.15) is 11.6 Å². The van der Waals surface area contributed by atoms with E-state index in [-0.39, 0.29) is 5.97 Å². The van der Waals surface area contributed by atoms with E-state index in [4.69, 9.17) is 14.2 Å². The number of hydrogen-bond donors (Lipinski definition) is 2. The highest BCUT2D eigenvalue weighted by molar-refractivity contribution is 5.90. The third-order valence-corrected chi connectivity index (χ3v) is 3.55. The molecule has 1 aromatic rings. The quantitative estimate of drug-likeness (QED) is 0.377. The number of esters is 2. The molecular formula is C20H30N2O6. The first-order chi connectivity index (χ1) is 13.2. The molecule has 0 aliphatic carbocycles. The molecule has 28 heavy (non-hydrogen) atoms. The Morgan fingerprint density at radius 3 is 2.50 bits per heavy atom. The van der Waals surface area contributed by atoms with E-state index in [1.165, 1.54) is 7.11 Å². The molecular weight excluding hydrogens is 364 g/mol. The Morgan fingerprint density at radius 1 is 1.18 bits per heavy atom. The van der Waals surface area contributed by atoms with Crippen molar-refractivity contribution in [1.29, 1.82) is 0 Å². The second-order valence-electron chi connectivity index (χ2n) is 7.09. The smallest absolute Gasteiger partial charge is 0.408 e. The molecule has 8 nitrogen and oxygen atoms in total. The summed E-state index contributed by atoms with van der Waals surface area (Å²) >= 11 is 0. The van der Waals surface area contributed by atoms with Crippen LogP contribution in [-0.4, -0.2) is 49.9 Å². The zero-order chi connectivity index (χ0) is 21.2. The summed E-state index contributed by atoms with van der Waals surface area (Å²) in [6.45, 7) is 7.84. The zero-order valence-electron chi connectivity index (χ0n) is 17.2. The van der Waals surface area contributed by atoms with Gasteiger partial charge in [-0.2, -0.15) is 0 Å². The van der Waals surface area contributed by atoms with Gasteiger partial charge in [0.2, 0.25) is 0 Å². The largest absolute Gasteiger partial charge is 0.467 e. The minimum atomic E-state index is -0.799. The molecule has 0 spiro atoms. The molecule has 0 fully saturated rings. The molecule has 0 aliphatic rings. The molecule has 156 valence electrons. The number of amides is 1. The normalized spacial score (nSPS) is 11.9. The Bertz CT molecular complexity index is 669. The zero-order valence-corrected chi connectivity index (χ0v) is 17.2. The number of anilines is 1. The van der Waals surface area contributed by atoms with Crippen molar-refractivity contribution in [3.05, 3.63) is 29.8 Å². The minimum absolute atomic E-state index is 0.316. The van der Waals surface area contributed by atoms with Crippen molar-refractivity contribution in [3.8, 4) is 0 Å². The van der Waals surface area contributed by atoms with E-state index >= 15 is 0 Å². The third-order valence-electron chi connectivity index (χ3n) is 3.55. The van der Waals surface area contributed by atoms with E-state index in [2.05, 4.69) is 10.6 Å². The van der Waals surface area contributed by atoms with Crippen LogP contribution in [0.15, 0.2) is 24.3 Å². The number of hydrogen-bond acceptors (Lipinski definition) is 7. The van der Waals surface area contributed by atoms with E-state index < -0.39 is 23.7 Å². The van der Waals surface area contributed by atoms with Gasteiger partial charge in [0.15, 0.2) is 0 Å². The van der Waals surface area contributed by atoms with Crippen LogP contribution in [0.2, 0.25) is 0 Å². The summed E-state index contributed by atoms with van der Waals surface area (Å²) in [5.41, 5.74) is 0.571. The van der Waals surface area contributed by atoms with Gasteiger partial charge in [0, 0.05) is 12.2 Å². The van der Waals surface area contributed by atoms with Gasteiger partial charge in [0.05, 0.1) is 19.3 Å². The molecule has 0 radical (unpaired) electrons. The van der Waals surface area contributed by atoms with Gasteiger partial charge in [-0.25, -0.2) is 14.4 Å². The molecule has 0 heterocycles. The molecule has 8 heteroatoms. The van der Waals surface area contributed by atoms with Crippen molar-refractivity contribution in [2.45, 2.75) is 52.2 Å². The second-order valence-corrected chi connectivity index (χ2v) is 7.09. The summed E-state index contributed by atoms with van der Waals surface area (Å²) in [5.74, 6) is -0.909. The number of carbonyl (C=O) groups excluding carboxylic acids is 3. The molecule has 0 saturated heterocycles. The first-order valence-corrected chi connectivity index (χ1v) is 9.24. The Labute approximate surface area is 165 Å². The molecule has 0 saturated carbocycles. The molecule has 0 unspecified atom stereocenters. The number of carbonyl (C=O) groups is 3. The summed E-state index contributed by atoms with van der Waals surface area (Å²) in [7, 11) is 1.27. The van der Waals surface area contributed by atoms with Crippen LogP contribution in [0, 0.1) is 0 Å². The number of nitrogens with one attached hydrogen (secondary N) is 2. The molecule has 2 N–H and O–H groups in total. The Kier molecular flexibility index (Phi) is 9.27. The van der Waals surface area contributed by atoms with Crippen LogP contribution in [0.1, 0.15) is 50.9 Å². The van der Waals surface area contributed by atoms with E-state index in [0.717, 1.165) is 5.69 Å². The van der Waals surface area contributed by atoms with Crippen molar-refractivity contribution < 1.29 is 28.6 Å². The van der Waals surface area contributed by atoms with Crippen LogP contribution in [-0.2, 0) is 19.0 Å². The van der Waals surface area contributed by atoms with Crippen molar-refractivity contribution in [2.24, 2.45) is 0 Å². The highest BCUT2D eigenvalue weighted by Crippen LogP contribution is 2.13. The lowest BCUT2D eigenvalue weighted by atomic mass is 10.1. The fourth-order valence-corrected chi connectivity index (χ4v) is 2.35.